The van der Waals surface area contributed by atoms with E-state index in [0.717, 1.165) is 24.2 Å². The van der Waals surface area contributed by atoms with E-state index in [1.807, 2.05) is 26.0 Å². The van der Waals surface area contributed by atoms with Crippen molar-refractivity contribution in [2.75, 3.05) is 19.7 Å². The van der Waals surface area contributed by atoms with E-state index in [1.54, 1.807) is 0 Å². The molecule has 19 heavy (non-hydrogen) atoms. The number of halogens is 2. The summed E-state index contributed by atoms with van der Waals surface area (Å²) < 4.78 is 0. The molecule has 1 aliphatic heterocycles. The van der Waals surface area contributed by atoms with Crippen molar-refractivity contribution >= 4 is 23.2 Å². The van der Waals surface area contributed by atoms with Gasteiger partial charge in [0, 0.05) is 37.7 Å². The molecule has 0 amide bonds. The number of aliphatic hydroxyl groups is 1. The van der Waals surface area contributed by atoms with Gasteiger partial charge in [0.05, 0.1) is 10.0 Å². The van der Waals surface area contributed by atoms with E-state index in [4.69, 9.17) is 28.9 Å². The van der Waals surface area contributed by atoms with E-state index >= 15 is 0 Å². The van der Waals surface area contributed by atoms with Crippen LogP contribution in [0.2, 0.25) is 10.0 Å². The molecule has 1 aliphatic rings. The molecular formula is C14H20Cl2N2O. The summed E-state index contributed by atoms with van der Waals surface area (Å²) >= 11 is 12.4. The zero-order chi connectivity index (χ0) is 14.2. The molecule has 1 unspecified atom stereocenters. The predicted molar refractivity (Wildman–Crippen MR) is 79.5 cm³/mol. The van der Waals surface area contributed by atoms with Gasteiger partial charge in [0.15, 0.2) is 0 Å². The maximum Gasteiger partial charge on any atom is 0.0640 e. The molecule has 1 heterocycles. The lowest BCUT2D eigenvalue weighted by Gasteiger charge is -2.32. The third-order valence-corrected chi connectivity index (χ3v) is 4.52. The lowest BCUT2D eigenvalue weighted by molar-refractivity contribution is 0.0846. The Kier molecular flexibility index (Phi) is 4.43. The fraction of sp³-hybridized carbons (Fsp3) is 0.571. The zero-order valence-electron chi connectivity index (χ0n) is 11.3. The molecule has 0 aliphatic carbocycles. The molecule has 5 heteroatoms. The van der Waals surface area contributed by atoms with Gasteiger partial charge in [0.25, 0.3) is 0 Å². The SMILES string of the molecule is CC(C)(CO)CN1Cc2c(ccc(Cl)c2Cl)C1CN. The van der Waals surface area contributed by atoms with Crippen LogP contribution in [0.5, 0.6) is 0 Å². The van der Waals surface area contributed by atoms with Crippen molar-refractivity contribution in [3.63, 3.8) is 0 Å². The molecule has 0 bridgehead atoms. The summed E-state index contributed by atoms with van der Waals surface area (Å²) in [7, 11) is 0. The first kappa shape index (κ1) is 15.1. The molecule has 0 aromatic heterocycles. The first-order chi connectivity index (χ1) is 8.89. The normalized spacial score (nSPS) is 19.8. The lowest BCUT2D eigenvalue weighted by Crippen LogP contribution is -2.37. The minimum Gasteiger partial charge on any atom is -0.396 e. The summed E-state index contributed by atoms with van der Waals surface area (Å²) in [6.45, 7) is 6.27. The summed E-state index contributed by atoms with van der Waals surface area (Å²) in [5.74, 6) is 0. The molecular weight excluding hydrogens is 283 g/mol. The Morgan fingerprint density at radius 1 is 1.42 bits per heavy atom. The molecule has 106 valence electrons. The summed E-state index contributed by atoms with van der Waals surface area (Å²) in [5.41, 5.74) is 7.97. The maximum atomic E-state index is 9.42. The van der Waals surface area contributed by atoms with Gasteiger partial charge in [-0.05, 0) is 17.2 Å². The molecule has 2 rings (SSSR count). The molecule has 1 atom stereocenters. The number of nitrogens with zero attached hydrogens (tertiary/aromatic N) is 1. The number of rotatable bonds is 4. The Morgan fingerprint density at radius 3 is 2.68 bits per heavy atom. The van der Waals surface area contributed by atoms with Crippen LogP contribution in [0.1, 0.15) is 31.0 Å². The monoisotopic (exact) mass is 302 g/mol. The molecule has 0 radical (unpaired) electrons. The van der Waals surface area contributed by atoms with Crippen LogP contribution in [-0.4, -0.2) is 29.7 Å². The highest BCUT2D eigenvalue weighted by molar-refractivity contribution is 6.42. The average molecular weight is 303 g/mol. The largest absolute Gasteiger partial charge is 0.396 e. The second-order valence-electron chi connectivity index (χ2n) is 5.91. The standard InChI is InChI=1S/C14H20Cl2N2O/c1-14(2,8-19)7-18-6-10-9(12(18)5-17)3-4-11(15)13(10)16/h3-4,12,19H,5-8,17H2,1-2H3. The van der Waals surface area contributed by atoms with Crippen LogP contribution in [-0.2, 0) is 6.54 Å². The quantitative estimate of drug-likeness (QED) is 0.899. The highest BCUT2D eigenvalue weighted by Crippen LogP contribution is 2.41. The number of hydrogen-bond acceptors (Lipinski definition) is 3. The summed E-state index contributed by atoms with van der Waals surface area (Å²) in [6, 6.07) is 3.98. The van der Waals surface area contributed by atoms with Gasteiger partial charge in [0.1, 0.15) is 0 Å². The molecule has 3 N–H and O–H groups in total. The van der Waals surface area contributed by atoms with Gasteiger partial charge in [0.2, 0.25) is 0 Å². The molecule has 0 fully saturated rings. The number of aliphatic hydroxyl groups excluding tert-OH is 1. The van der Waals surface area contributed by atoms with Crippen LogP contribution in [0, 0.1) is 5.41 Å². The van der Waals surface area contributed by atoms with Gasteiger partial charge in [-0.25, -0.2) is 0 Å². The summed E-state index contributed by atoms with van der Waals surface area (Å²) in [6.07, 6.45) is 0. The van der Waals surface area contributed by atoms with Crippen molar-refractivity contribution < 1.29 is 5.11 Å². The Bertz CT molecular complexity index is 477. The van der Waals surface area contributed by atoms with Crippen LogP contribution in [0.25, 0.3) is 0 Å². The van der Waals surface area contributed by atoms with Crippen molar-refractivity contribution in [3.05, 3.63) is 33.3 Å². The first-order valence-corrected chi connectivity index (χ1v) is 7.17. The van der Waals surface area contributed by atoms with Crippen molar-refractivity contribution in [2.45, 2.75) is 26.4 Å². The van der Waals surface area contributed by atoms with Crippen LogP contribution in [0.4, 0.5) is 0 Å². The van der Waals surface area contributed by atoms with Crippen LogP contribution in [0.15, 0.2) is 12.1 Å². The van der Waals surface area contributed by atoms with Gasteiger partial charge >= 0.3 is 0 Å². The van der Waals surface area contributed by atoms with Gasteiger partial charge in [-0.3, -0.25) is 4.90 Å². The Morgan fingerprint density at radius 2 is 2.11 bits per heavy atom. The molecule has 1 aromatic carbocycles. The minimum absolute atomic E-state index is 0.144. The molecule has 0 saturated carbocycles. The van der Waals surface area contributed by atoms with Gasteiger partial charge in [-0.2, -0.15) is 0 Å². The molecule has 1 aromatic rings. The highest BCUT2D eigenvalue weighted by atomic mass is 35.5. The first-order valence-electron chi connectivity index (χ1n) is 6.41. The fourth-order valence-corrected chi connectivity index (χ4v) is 3.04. The molecule has 0 saturated heterocycles. The fourth-order valence-electron chi connectivity index (χ4n) is 2.63. The number of nitrogens with two attached hydrogens (primary N) is 1. The maximum absolute atomic E-state index is 9.42. The van der Waals surface area contributed by atoms with E-state index in [2.05, 4.69) is 4.90 Å². The third-order valence-electron chi connectivity index (χ3n) is 3.68. The van der Waals surface area contributed by atoms with Crippen molar-refractivity contribution in [1.29, 1.82) is 0 Å². The smallest absolute Gasteiger partial charge is 0.0640 e. The topological polar surface area (TPSA) is 49.5 Å². The lowest BCUT2D eigenvalue weighted by atomic mass is 9.93. The van der Waals surface area contributed by atoms with E-state index in [-0.39, 0.29) is 18.1 Å². The van der Waals surface area contributed by atoms with E-state index in [9.17, 15) is 5.11 Å². The number of benzene rings is 1. The summed E-state index contributed by atoms with van der Waals surface area (Å²) in [4.78, 5) is 2.27. The average Bonchev–Trinajstić information content (AvgIpc) is 2.71. The molecule has 0 spiro atoms. The Labute approximate surface area is 124 Å². The number of hydrogen-bond donors (Lipinski definition) is 2. The Hall–Kier alpha value is -0.320. The van der Waals surface area contributed by atoms with Crippen molar-refractivity contribution in [3.8, 4) is 0 Å². The van der Waals surface area contributed by atoms with Crippen LogP contribution < -0.4 is 5.73 Å². The highest BCUT2D eigenvalue weighted by Gasteiger charge is 2.34. The molecule has 3 nitrogen and oxygen atoms in total. The zero-order valence-corrected chi connectivity index (χ0v) is 12.8. The van der Waals surface area contributed by atoms with Crippen molar-refractivity contribution in [1.82, 2.24) is 4.90 Å². The van der Waals surface area contributed by atoms with Crippen LogP contribution >= 0.6 is 23.2 Å². The summed E-state index contributed by atoms with van der Waals surface area (Å²) in [5, 5.41) is 10.6. The Balaban J connectivity index is 2.30. The van der Waals surface area contributed by atoms with Gasteiger partial charge < -0.3 is 10.8 Å². The third kappa shape index (κ3) is 2.91. The van der Waals surface area contributed by atoms with E-state index < -0.39 is 0 Å². The van der Waals surface area contributed by atoms with Gasteiger partial charge in [-0.15, -0.1) is 0 Å². The van der Waals surface area contributed by atoms with Crippen LogP contribution in [0.3, 0.4) is 0 Å². The second-order valence-corrected chi connectivity index (χ2v) is 6.69. The van der Waals surface area contributed by atoms with Crippen molar-refractivity contribution in [2.24, 2.45) is 11.1 Å². The second kappa shape index (κ2) is 5.58. The van der Waals surface area contributed by atoms with E-state index in [1.165, 1.54) is 0 Å². The predicted octanol–water partition coefficient (Wildman–Crippen LogP) is 2.83. The van der Waals surface area contributed by atoms with E-state index in [0.29, 0.717) is 16.6 Å². The van der Waals surface area contributed by atoms with Gasteiger partial charge in [-0.1, -0.05) is 43.1 Å². The number of fused-ring (bicyclic) bond motifs is 1. The minimum atomic E-state index is -0.161.